The Hall–Kier alpha value is -1.56. The maximum Gasteiger partial charge on any atom is 0.306 e. The Morgan fingerprint density at radius 1 is 1.53 bits per heavy atom. The molecule has 1 saturated heterocycles. The highest BCUT2D eigenvalue weighted by Crippen LogP contribution is 2.45. The van der Waals surface area contributed by atoms with Gasteiger partial charge in [-0.15, -0.1) is 11.8 Å². The first-order valence-electron chi connectivity index (χ1n) is 6.92. The third kappa shape index (κ3) is 3.26. The minimum Gasteiger partial charge on any atom is -0.462 e. The van der Waals surface area contributed by atoms with Crippen molar-refractivity contribution in [2.24, 2.45) is 17.8 Å². The Morgan fingerprint density at radius 2 is 2.32 bits per heavy atom. The summed E-state index contributed by atoms with van der Waals surface area (Å²) in [6, 6.07) is 0. The number of ether oxygens (including phenoxy) is 1. The van der Waals surface area contributed by atoms with Crippen LogP contribution in [0.2, 0.25) is 0 Å². The van der Waals surface area contributed by atoms with Crippen LogP contribution in [-0.2, 0) is 14.3 Å². The molecule has 0 radical (unpaired) electrons. The molecule has 0 bridgehead atoms. The second-order valence-electron chi connectivity index (χ2n) is 5.44. The van der Waals surface area contributed by atoms with Gasteiger partial charge >= 0.3 is 5.97 Å². The quantitative estimate of drug-likeness (QED) is 0.443. The second-order valence-corrected chi connectivity index (χ2v) is 5.44. The van der Waals surface area contributed by atoms with Gasteiger partial charge in [-0.1, -0.05) is 13.0 Å². The van der Waals surface area contributed by atoms with Crippen molar-refractivity contribution in [3.63, 3.8) is 0 Å². The number of hydrogen-bond acceptors (Lipinski definition) is 3. The van der Waals surface area contributed by atoms with Gasteiger partial charge in [-0.25, -0.2) is 0 Å². The van der Waals surface area contributed by atoms with Crippen molar-refractivity contribution in [2.75, 3.05) is 0 Å². The number of rotatable bonds is 4. The van der Waals surface area contributed by atoms with Gasteiger partial charge < -0.3 is 4.74 Å². The third-order valence-electron chi connectivity index (χ3n) is 4.10. The molecule has 4 atom stereocenters. The van der Waals surface area contributed by atoms with Crippen molar-refractivity contribution < 1.29 is 14.3 Å². The average molecular weight is 260 g/mol. The molecule has 0 unspecified atom stereocenters. The van der Waals surface area contributed by atoms with E-state index in [-0.39, 0.29) is 29.7 Å². The van der Waals surface area contributed by atoms with Gasteiger partial charge in [-0.2, -0.15) is 0 Å². The fourth-order valence-corrected chi connectivity index (χ4v) is 3.13. The molecule has 2 aliphatic rings. The molecule has 1 heterocycles. The Morgan fingerprint density at radius 3 is 3.05 bits per heavy atom. The lowest BCUT2D eigenvalue weighted by Gasteiger charge is -2.14. The zero-order valence-electron chi connectivity index (χ0n) is 11.5. The van der Waals surface area contributed by atoms with E-state index >= 15 is 0 Å². The molecule has 0 aromatic carbocycles. The van der Waals surface area contributed by atoms with Crippen LogP contribution in [0.25, 0.3) is 0 Å². The molecular weight excluding hydrogens is 240 g/mol. The van der Waals surface area contributed by atoms with Crippen molar-refractivity contribution in [1.82, 2.24) is 0 Å². The number of esters is 1. The second kappa shape index (κ2) is 6.06. The summed E-state index contributed by atoms with van der Waals surface area (Å²) in [6.07, 6.45) is 6.23. The summed E-state index contributed by atoms with van der Waals surface area (Å²) in [7, 11) is 0. The summed E-state index contributed by atoms with van der Waals surface area (Å²) in [5.41, 5.74) is 0. The lowest BCUT2D eigenvalue weighted by molar-refractivity contribution is -0.141. The van der Waals surface area contributed by atoms with Crippen LogP contribution in [0, 0.1) is 29.6 Å². The number of allylic oxidation sites excluding steroid dienone is 2. The number of hydrogen-bond donors (Lipinski definition) is 0. The van der Waals surface area contributed by atoms with Gasteiger partial charge in [0, 0.05) is 18.8 Å². The summed E-state index contributed by atoms with van der Waals surface area (Å²) >= 11 is 0. The first-order valence-corrected chi connectivity index (χ1v) is 6.92. The van der Waals surface area contributed by atoms with Gasteiger partial charge in [-0.3, -0.25) is 9.59 Å². The van der Waals surface area contributed by atoms with Crippen molar-refractivity contribution in [3.8, 4) is 11.8 Å². The molecule has 1 aliphatic carbocycles. The first kappa shape index (κ1) is 13.9. The van der Waals surface area contributed by atoms with Gasteiger partial charge in [0.05, 0.1) is 6.42 Å². The van der Waals surface area contributed by atoms with Gasteiger partial charge in [-0.05, 0) is 31.3 Å². The lowest BCUT2D eigenvalue weighted by atomic mass is 9.88. The molecule has 0 N–H and O–H groups in total. The fraction of sp³-hybridized carbons (Fsp3) is 0.625. The summed E-state index contributed by atoms with van der Waals surface area (Å²) < 4.78 is 5.30. The van der Waals surface area contributed by atoms with E-state index in [1.165, 1.54) is 0 Å². The molecule has 1 saturated carbocycles. The number of fused-ring (bicyclic) bond motifs is 1. The Labute approximate surface area is 114 Å². The van der Waals surface area contributed by atoms with E-state index in [1.807, 2.05) is 6.08 Å². The van der Waals surface area contributed by atoms with Gasteiger partial charge in [0.25, 0.3) is 0 Å². The van der Waals surface area contributed by atoms with Gasteiger partial charge in [0.2, 0.25) is 0 Å². The predicted molar refractivity (Wildman–Crippen MR) is 72.1 cm³/mol. The largest absolute Gasteiger partial charge is 0.462 e. The SMILES string of the molecule is CC#CCCC(=O)C=C[C@@H]1[C@H]2CC(=O)O[C@H]2C[C@H]1C. The summed E-state index contributed by atoms with van der Waals surface area (Å²) in [5.74, 6) is 6.72. The molecule has 1 aliphatic heterocycles. The molecule has 102 valence electrons. The molecular formula is C16H20O3. The highest BCUT2D eigenvalue weighted by Gasteiger charge is 2.47. The van der Waals surface area contributed by atoms with E-state index < -0.39 is 0 Å². The highest BCUT2D eigenvalue weighted by atomic mass is 16.6. The standard InChI is InChI=1S/C16H20O3/c1-3-4-5-6-12(17)7-8-13-11(2)9-15-14(13)10-16(18)19-15/h7-8,11,13-15H,5-6,9-10H2,1-2H3/t11-,13+,14-,15+/m1/s1. The van der Waals surface area contributed by atoms with E-state index in [9.17, 15) is 9.59 Å². The lowest BCUT2D eigenvalue weighted by Crippen LogP contribution is -2.13. The molecule has 2 rings (SSSR count). The van der Waals surface area contributed by atoms with Crippen LogP contribution in [0.3, 0.4) is 0 Å². The third-order valence-corrected chi connectivity index (χ3v) is 4.10. The fourth-order valence-electron chi connectivity index (χ4n) is 3.13. The summed E-state index contributed by atoms with van der Waals surface area (Å²) in [4.78, 5) is 23.0. The molecule has 0 amide bonds. The van der Waals surface area contributed by atoms with Crippen LogP contribution < -0.4 is 0 Å². The number of ketones is 1. The highest BCUT2D eigenvalue weighted by molar-refractivity contribution is 5.89. The van der Waals surface area contributed by atoms with Crippen molar-refractivity contribution in [1.29, 1.82) is 0 Å². The van der Waals surface area contributed by atoms with Crippen molar-refractivity contribution >= 4 is 11.8 Å². The van der Waals surface area contributed by atoms with E-state index in [2.05, 4.69) is 18.8 Å². The topological polar surface area (TPSA) is 43.4 Å². The zero-order chi connectivity index (χ0) is 13.8. The Bertz CT molecular complexity index is 452. The smallest absolute Gasteiger partial charge is 0.306 e. The molecule has 19 heavy (non-hydrogen) atoms. The number of carbonyl (C=O) groups is 2. The zero-order valence-corrected chi connectivity index (χ0v) is 11.5. The van der Waals surface area contributed by atoms with Crippen LogP contribution in [0.5, 0.6) is 0 Å². The molecule has 0 spiro atoms. The Balaban J connectivity index is 1.91. The van der Waals surface area contributed by atoms with Crippen LogP contribution in [0.15, 0.2) is 12.2 Å². The predicted octanol–water partition coefficient (Wildman–Crippen LogP) is 2.50. The molecule has 3 nitrogen and oxygen atoms in total. The molecule has 0 aromatic rings. The minimum atomic E-state index is -0.0927. The maximum atomic E-state index is 11.7. The van der Waals surface area contributed by atoms with E-state index in [4.69, 9.17) is 4.74 Å². The van der Waals surface area contributed by atoms with E-state index in [0.29, 0.717) is 25.2 Å². The van der Waals surface area contributed by atoms with Crippen LogP contribution in [-0.4, -0.2) is 17.9 Å². The minimum absolute atomic E-state index is 0.0678. The van der Waals surface area contributed by atoms with E-state index in [0.717, 1.165) is 6.42 Å². The van der Waals surface area contributed by atoms with Crippen molar-refractivity contribution in [2.45, 2.75) is 45.6 Å². The van der Waals surface area contributed by atoms with Crippen LogP contribution in [0.4, 0.5) is 0 Å². The van der Waals surface area contributed by atoms with Crippen LogP contribution in [0.1, 0.15) is 39.5 Å². The van der Waals surface area contributed by atoms with Crippen molar-refractivity contribution in [3.05, 3.63) is 12.2 Å². The molecule has 0 aromatic heterocycles. The first-order chi connectivity index (χ1) is 9.11. The summed E-state index contributed by atoms with van der Waals surface area (Å²) in [6.45, 7) is 3.94. The van der Waals surface area contributed by atoms with Gasteiger partial charge in [0.15, 0.2) is 5.78 Å². The average Bonchev–Trinajstić information content (AvgIpc) is 2.82. The van der Waals surface area contributed by atoms with E-state index in [1.54, 1.807) is 13.0 Å². The number of carbonyl (C=O) groups excluding carboxylic acids is 2. The van der Waals surface area contributed by atoms with Crippen LogP contribution >= 0.6 is 0 Å². The monoisotopic (exact) mass is 260 g/mol. The summed E-state index contributed by atoms with van der Waals surface area (Å²) in [5, 5.41) is 0. The molecule has 2 fully saturated rings. The molecule has 3 heteroatoms. The normalized spacial score (nSPS) is 32.8. The maximum absolute atomic E-state index is 11.7. The van der Waals surface area contributed by atoms with Gasteiger partial charge in [0.1, 0.15) is 6.10 Å². The Kier molecular flexibility index (Phi) is 4.42.